The Labute approximate surface area is 204 Å². The summed E-state index contributed by atoms with van der Waals surface area (Å²) >= 11 is 0. The largest absolute Gasteiger partial charge is 0.282 e. The Balaban J connectivity index is 1.54. The topological polar surface area (TPSA) is 170 Å². The molecule has 3 aromatic rings. The van der Waals surface area contributed by atoms with Gasteiger partial charge in [0, 0.05) is 23.6 Å². The molecule has 2 aliphatic carbocycles. The summed E-state index contributed by atoms with van der Waals surface area (Å²) < 4.78 is 0. The van der Waals surface area contributed by atoms with Gasteiger partial charge in [-0.05, 0) is 30.4 Å². The maximum atomic E-state index is 13.8. The standard InChI is InChI=1S/C24H22N6O6/c1-22(2)23(3)10-11-24(22,19-18(23)25-15-9-8-13(29(33)34)12-16(15)26-19)21(32)28-27-20(31)14-6-4-5-7-17(14)30(35)36/h4-9,12H,10-11H2,1-3H3,(H,27,31)(H,28,32). The number of aromatic nitrogens is 2. The number of rotatable bonds is 4. The molecule has 5 rings (SSSR count). The van der Waals surface area contributed by atoms with Crippen LogP contribution in [0.4, 0.5) is 11.4 Å². The third-order valence-electron chi connectivity index (χ3n) is 8.25. The van der Waals surface area contributed by atoms with Gasteiger partial charge in [-0.2, -0.15) is 0 Å². The van der Waals surface area contributed by atoms with Crippen molar-refractivity contribution >= 4 is 34.2 Å². The molecule has 2 unspecified atom stereocenters. The van der Waals surface area contributed by atoms with Gasteiger partial charge in [0.15, 0.2) is 0 Å². The molecule has 2 amide bonds. The average molecular weight is 490 g/mol. The van der Waals surface area contributed by atoms with E-state index in [0.29, 0.717) is 35.3 Å². The summed E-state index contributed by atoms with van der Waals surface area (Å²) in [5, 5.41) is 22.6. The number of amides is 2. The first-order valence-corrected chi connectivity index (χ1v) is 11.3. The first-order chi connectivity index (χ1) is 16.9. The zero-order valence-electron chi connectivity index (χ0n) is 19.7. The zero-order valence-corrected chi connectivity index (χ0v) is 19.7. The number of nitrogens with one attached hydrogen (secondary N) is 2. The summed E-state index contributed by atoms with van der Waals surface area (Å²) in [5.41, 5.74) is 3.56. The van der Waals surface area contributed by atoms with Crippen molar-refractivity contribution in [1.82, 2.24) is 20.8 Å². The quantitative estimate of drug-likeness (QED) is 0.414. The molecular formula is C24H22N6O6. The lowest BCUT2D eigenvalue weighted by Crippen LogP contribution is -2.55. The van der Waals surface area contributed by atoms with Gasteiger partial charge in [0.25, 0.3) is 23.2 Å². The maximum Gasteiger partial charge on any atom is 0.282 e. The number of carbonyl (C=O) groups is 2. The second-order valence-corrected chi connectivity index (χ2v) is 9.90. The molecule has 2 atom stereocenters. The fraction of sp³-hybridized carbons (Fsp3) is 0.333. The molecule has 12 nitrogen and oxygen atoms in total. The molecular weight excluding hydrogens is 468 g/mol. The number of hydrogen-bond acceptors (Lipinski definition) is 8. The van der Waals surface area contributed by atoms with Crippen LogP contribution in [0.2, 0.25) is 0 Å². The van der Waals surface area contributed by atoms with Crippen LogP contribution in [0.3, 0.4) is 0 Å². The second-order valence-electron chi connectivity index (χ2n) is 9.90. The van der Waals surface area contributed by atoms with Crippen LogP contribution in [0.1, 0.15) is 55.4 Å². The van der Waals surface area contributed by atoms with Gasteiger partial charge in [0.1, 0.15) is 11.0 Å². The molecule has 2 aromatic carbocycles. The third kappa shape index (κ3) is 2.87. The minimum absolute atomic E-state index is 0.138. The second kappa shape index (κ2) is 7.51. The predicted molar refractivity (Wildman–Crippen MR) is 127 cm³/mol. The number of carbonyl (C=O) groups excluding carboxylic acids is 2. The fourth-order valence-electron chi connectivity index (χ4n) is 5.82. The van der Waals surface area contributed by atoms with Gasteiger partial charge in [-0.3, -0.25) is 40.7 Å². The molecule has 2 bridgehead atoms. The van der Waals surface area contributed by atoms with Crippen LogP contribution in [0.15, 0.2) is 42.5 Å². The number of nitro benzene ring substituents is 2. The van der Waals surface area contributed by atoms with E-state index in [0.717, 1.165) is 0 Å². The lowest BCUT2D eigenvalue weighted by atomic mass is 9.63. The van der Waals surface area contributed by atoms with Crippen molar-refractivity contribution < 1.29 is 19.4 Å². The van der Waals surface area contributed by atoms with Crippen LogP contribution in [0.25, 0.3) is 11.0 Å². The molecule has 36 heavy (non-hydrogen) atoms. The van der Waals surface area contributed by atoms with Crippen molar-refractivity contribution in [2.75, 3.05) is 0 Å². The molecule has 1 fully saturated rings. The van der Waals surface area contributed by atoms with Crippen molar-refractivity contribution in [2.24, 2.45) is 5.41 Å². The number of nitrogens with zero attached hydrogens (tertiary/aromatic N) is 4. The smallest absolute Gasteiger partial charge is 0.272 e. The molecule has 1 aromatic heterocycles. The van der Waals surface area contributed by atoms with E-state index >= 15 is 0 Å². The van der Waals surface area contributed by atoms with E-state index in [1.165, 1.54) is 36.4 Å². The van der Waals surface area contributed by atoms with E-state index in [2.05, 4.69) is 10.9 Å². The minimum atomic E-state index is -1.18. The molecule has 1 heterocycles. The van der Waals surface area contributed by atoms with Crippen molar-refractivity contribution in [3.8, 4) is 0 Å². The summed E-state index contributed by atoms with van der Waals surface area (Å²) in [5.74, 6) is -1.36. The van der Waals surface area contributed by atoms with E-state index in [1.807, 2.05) is 20.8 Å². The number of non-ortho nitro benzene ring substituents is 1. The molecule has 0 aliphatic heterocycles. The normalized spacial score (nSPS) is 23.2. The number of nitro groups is 2. The summed E-state index contributed by atoms with van der Waals surface area (Å²) in [6.45, 7) is 5.91. The summed E-state index contributed by atoms with van der Waals surface area (Å²) in [7, 11) is 0. The Morgan fingerprint density at radius 2 is 1.58 bits per heavy atom. The number of para-hydroxylation sites is 1. The van der Waals surface area contributed by atoms with Gasteiger partial charge in [-0.15, -0.1) is 0 Å². The summed E-state index contributed by atoms with van der Waals surface area (Å²) in [6.07, 6.45) is 1.07. The van der Waals surface area contributed by atoms with E-state index in [-0.39, 0.29) is 16.9 Å². The lowest BCUT2D eigenvalue weighted by molar-refractivity contribution is -0.385. The van der Waals surface area contributed by atoms with Crippen LogP contribution in [0.5, 0.6) is 0 Å². The predicted octanol–water partition coefficient (Wildman–Crippen LogP) is 3.24. The van der Waals surface area contributed by atoms with Crippen LogP contribution >= 0.6 is 0 Å². The van der Waals surface area contributed by atoms with Gasteiger partial charge >= 0.3 is 0 Å². The van der Waals surface area contributed by atoms with Gasteiger partial charge in [-0.1, -0.05) is 32.9 Å². The molecule has 184 valence electrons. The first kappa shape index (κ1) is 23.3. The van der Waals surface area contributed by atoms with Crippen LogP contribution in [0, 0.1) is 25.6 Å². The van der Waals surface area contributed by atoms with Crippen molar-refractivity contribution in [3.63, 3.8) is 0 Å². The van der Waals surface area contributed by atoms with Gasteiger partial charge in [0.05, 0.1) is 32.3 Å². The number of hydrogen-bond donors (Lipinski definition) is 2. The zero-order chi connectivity index (χ0) is 26.0. The van der Waals surface area contributed by atoms with Crippen molar-refractivity contribution in [1.29, 1.82) is 0 Å². The Kier molecular flexibility index (Phi) is 4.85. The van der Waals surface area contributed by atoms with E-state index in [9.17, 15) is 29.8 Å². The maximum absolute atomic E-state index is 13.8. The van der Waals surface area contributed by atoms with Crippen LogP contribution in [-0.2, 0) is 15.6 Å². The van der Waals surface area contributed by atoms with E-state index in [4.69, 9.17) is 9.97 Å². The number of fused-ring (bicyclic) bond motifs is 6. The highest BCUT2D eigenvalue weighted by Crippen LogP contribution is 2.70. The fourth-order valence-corrected chi connectivity index (χ4v) is 5.82. The third-order valence-corrected chi connectivity index (χ3v) is 8.25. The molecule has 12 heteroatoms. The van der Waals surface area contributed by atoms with Gasteiger partial charge < -0.3 is 0 Å². The van der Waals surface area contributed by atoms with Crippen LogP contribution in [-0.4, -0.2) is 31.6 Å². The Hall–Kier alpha value is -4.48. The molecule has 0 radical (unpaired) electrons. The monoisotopic (exact) mass is 490 g/mol. The van der Waals surface area contributed by atoms with E-state index < -0.39 is 37.9 Å². The highest BCUT2D eigenvalue weighted by atomic mass is 16.6. The highest BCUT2D eigenvalue weighted by molar-refractivity contribution is 6.00. The van der Waals surface area contributed by atoms with Crippen LogP contribution < -0.4 is 10.9 Å². The molecule has 1 saturated carbocycles. The number of hydrazine groups is 1. The lowest BCUT2D eigenvalue weighted by Gasteiger charge is -2.39. The van der Waals surface area contributed by atoms with Gasteiger partial charge in [0.2, 0.25) is 0 Å². The Bertz CT molecular complexity index is 1500. The summed E-state index contributed by atoms with van der Waals surface area (Å²) in [4.78, 5) is 57.3. The number of benzene rings is 2. The molecule has 0 saturated heterocycles. The average Bonchev–Trinajstić information content (AvgIpc) is 3.15. The Morgan fingerprint density at radius 3 is 2.28 bits per heavy atom. The van der Waals surface area contributed by atoms with Crippen molar-refractivity contribution in [2.45, 2.75) is 44.4 Å². The molecule has 2 N–H and O–H groups in total. The van der Waals surface area contributed by atoms with E-state index in [1.54, 1.807) is 6.07 Å². The highest BCUT2D eigenvalue weighted by Gasteiger charge is 2.73. The molecule has 2 aliphatic rings. The minimum Gasteiger partial charge on any atom is -0.272 e. The first-order valence-electron chi connectivity index (χ1n) is 11.3. The SMILES string of the molecule is CC12CCC(C(=O)NNC(=O)c3ccccc3[N+](=O)[O-])(c3nc4cc([N+](=O)[O-])ccc4nc31)C2(C)C. The summed E-state index contributed by atoms with van der Waals surface area (Å²) in [6, 6.07) is 9.66. The molecule has 0 spiro atoms. The van der Waals surface area contributed by atoms with Crippen molar-refractivity contribution in [3.05, 3.63) is 79.6 Å². The van der Waals surface area contributed by atoms with Gasteiger partial charge in [-0.25, -0.2) is 9.97 Å². The Morgan fingerprint density at radius 1 is 0.889 bits per heavy atom.